The van der Waals surface area contributed by atoms with E-state index in [1.54, 1.807) is 29.4 Å². The van der Waals surface area contributed by atoms with Crippen molar-refractivity contribution >= 4 is 27.5 Å². The molecular weight excluding hydrogens is 390 g/mol. The molecule has 8 heteroatoms. The maximum Gasteiger partial charge on any atom is 0.275 e. The first-order valence-electron chi connectivity index (χ1n) is 9.91. The number of ether oxygens (including phenoxy) is 2. The summed E-state index contributed by atoms with van der Waals surface area (Å²) in [6.45, 7) is 3.64. The highest BCUT2D eigenvalue weighted by atomic mass is 32.1. The van der Waals surface area contributed by atoms with Crippen LogP contribution in [0.2, 0.25) is 0 Å². The Morgan fingerprint density at radius 1 is 1.34 bits per heavy atom. The Morgan fingerprint density at radius 2 is 2.24 bits per heavy atom. The van der Waals surface area contributed by atoms with Crippen molar-refractivity contribution in [2.24, 2.45) is 0 Å². The van der Waals surface area contributed by atoms with Crippen molar-refractivity contribution in [2.75, 3.05) is 20.2 Å². The number of fused-ring (bicyclic) bond motifs is 1. The number of thiazole rings is 1. The zero-order valence-corrected chi connectivity index (χ0v) is 17.5. The third kappa shape index (κ3) is 4.94. The lowest BCUT2D eigenvalue weighted by molar-refractivity contribution is 0.00703. The van der Waals surface area contributed by atoms with Gasteiger partial charge in [0.1, 0.15) is 12.4 Å². The molecule has 29 heavy (non-hydrogen) atoms. The average molecular weight is 416 g/mol. The van der Waals surface area contributed by atoms with Gasteiger partial charge in [0.2, 0.25) is 0 Å². The number of benzene rings is 1. The van der Waals surface area contributed by atoms with Gasteiger partial charge in [-0.1, -0.05) is 5.16 Å². The van der Waals surface area contributed by atoms with Crippen molar-refractivity contribution in [3.05, 3.63) is 40.7 Å². The van der Waals surface area contributed by atoms with Crippen molar-refractivity contribution in [1.82, 2.24) is 15.0 Å². The Hall–Kier alpha value is -2.45. The highest BCUT2D eigenvalue weighted by molar-refractivity contribution is 7.18. The number of hydrogen-bond acceptors (Lipinski definition) is 7. The van der Waals surface area contributed by atoms with Crippen LogP contribution in [0.3, 0.4) is 0 Å². The predicted octanol–water partition coefficient (Wildman–Crippen LogP) is 4.20. The zero-order chi connectivity index (χ0) is 20.2. The zero-order valence-electron chi connectivity index (χ0n) is 16.7. The number of aromatic nitrogens is 2. The van der Waals surface area contributed by atoms with Crippen LogP contribution in [-0.2, 0) is 11.3 Å². The maximum absolute atomic E-state index is 12.6. The Morgan fingerprint density at radius 3 is 3.07 bits per heavy atom. The molecule has 1 atom stereocenters. The first-order chi connectivity index (χ1) is 14.1. The average Bonchev–Trinajstić information content (AvgIpc) is 3.36. The summed E-state index contributed by atoms with van der Waals surface area (Å²) in [5.41, 5.74) is 1.21. The summed E-state index contributed by atoms with van der Waals surface area (Å²) in [5, 5.41) is 4.93. The van der Waals surface area contributed by atoms with E-state index in [1.807, 2.05) is 25.1 Å². The number of carbonyl (C=O) groups excluding carboxylic acids is 1. The van der Waals surface area contributed by atoms with Gasteiger partial charge in [-0.3, -0.25) is 4.79 Å². The molecule has 0 unspecified atom stereocenters. The van der Waals surface area contributed by atoms with E-state index in [0.29, 0.717) is 23.7 Å². The van der Waals surface area contributed by atoms with E-state index in [2.05, 4.69) is 10.1 Å². The first-order valence-corrected chi connectivity index (χ1v) is 10.7. The minimum Gasteiger partial charge on any atom is -0.485 e. The van der Waals surface area contributed by atoms with Gasteiger partial charge < -0.3 is 18.9 Å². The number of amides is 1. The minimum absolute atomic E-state index is 0.157. The fourth-order valence-corrected chi connectivity index (χ4v) is 4.23. The normalized spacial score (nSPS) is 16.8. The van der Waals surface area contributed by atoms with E-state index in [1.165, 1.54) is 6.42 Å². The summed E-state index contributed by atoms with van der Waals surface area (Å²) in [6, 6.07) is 7.45. The number of aryl methyl sites for hydroxylation is 1. The van der Waals surface area contributed by atoms with Crippen LogP contribution < -0.4 is 4.74 Å². The molecule has 3 heterocycles. The minimum atomic E-state index is -0.157. The van der Waals surface area contributed by atoms with Gasteiger partial charge in [-0.2, -0.15) is 0 Å². The Bertz CT molecular complexity index is 977. The summed E-state index contributed by atoms with van der Waals surface area (Å²) in [4.78, 5) is 18.7. The number of rotatable bonds is 7. The molecular formula is C21H25N3O4S. The summed E-state index contributed by atoms with van der Waals surface area (Å²) in [6.07, 6.45) is 4.49. The van der Waals surface area contributed by atoms with Crippen LogP contribution in [-0.4, -0.2) is 47.3 Å². The largest absolute Gasteiger partial charge is 0.485 e. The van der Waals surface area contributed by atoms with Crippen molar-refractivity contribution < 1.29 is 18.8 Å². The smallest absolute Gasteiger partial charge is 0.275 e. The molecule has 0 saturated carbocycles. The van der Waals surface area contributed by atoms with Gasteiger partial charge in [0.05, 0.1) is 21.3 Å². The quantitative estimate of drug-likeness (QED) is 0.575. The summed E-state index contributed by atoms with van der Waals surface area (Å²) < 4.78 is 17.9. The van der Waals surface area contributed by atoms with E-state index in [4.69, 9.17) is 14.0 Å². The molecule has 1 amide bonds. The third-order valence-electron chi connectivity index (χ3n) is 5.03. The van der Waals surface area contributed by atoms with Crippen molar-refractivity contribution in [2.45, 2.75) is 45.3 Å². The second-order valence-electron chi connectivity index (χ2n) is 7.33. The number of hydrogen-bond donors (Lipinski definition) is 0. The molecule has 0 bridgehead atoms. The van der Waals surface area contributed by atoms with E-state index in [-0.39, 0.29) is 18.6 Å². The van der Waals surface area contributed by atoms with Gasteiger partial charge in [-0.15, -0.1) is 11.3 Å². The summed E-state index contributed by atoms with van der Waals surface area (Å²) >= 11 is 1.65. The molecule has 1 aromatic carbocycles. The van der Waals surface area contributed by atoms with Gasteiger partial charge in [0.25, 0.3) is 5.91 Å². The van der Waals surface area contributed by atoms with Crippen LogP contribution in [0.5, 0.6) is 5.75 Å². The highest BCUT2D eigenvalue weighted by Gasteiger charge is 2.20. The second-order valence-corrected chi connectivity index (χ2v) is 8.57. The molecule has 0 spiro atoms. The monoisotopic (exact) mass is 415 g/mol. The molecule has 2 aromatic heterocycles. The lowest BCUT2D eigenvalue weighted by Crippen LogP contribution is -2.31. The van der Waals surface area contributed by atoms with E-state index >= 15 is 0 Å². The fraction of sp³-hybridized carbons (Fsp3) is 0.476. The maximum atomic E-state index is 12.6. The molecule has 0 aliphatic carbocycles. The van der Waals surface area contributed by atoms with Crippen molar-refractivity contribution in [3.63, 3.8) is 0 Å². The van der Waals surface area contributed by atoms with Crippen molar-refractivity contribution in [3.8, 4) is 5.75 Å². The Balaban J connectivity index is 1.30. The Kier molecular flexibility index (Phi) is 6.10. The highest BCUT2D eigenvalue weighted by Crippen LogP contribution is 2.26. The SMILES string of the molecule is Cc1nc2cc(OCc3cc(C(=O)N(C)CC[C@@H]4CCCCO4)no3)ccc2s1. The van der Waals surface area contributed by atoms with Crippen LogP contribution >= 0.6 is 11.3 Å². The van der Waals surface area contributed by atoms with Crippen LogP contribution in [0.25, 0.3) is 10.2 Å². The van der Waals surface area contributed by atoms with Crippen LogP contribution in [0.4, 0.5) is 0 Å². The summed E-state index contributed by atoms with van der Waals surface area (Å²) in [5.74, 6) is 1.05. The Labute approximate surface area is 173 Å². The topological polar surface area (TPSA) is 77.7 Å². The summed E-state index contributed by atoms with van der Waals surface area (Å²) in [7, 11) is 1.78. The van der Waals surface area contributed by atoms with Crippen molar-refractivity contribution in [1.29, 1.82) is 0 Å². The van der Waals surface area contributed by atoms with E-state index < -0.39 is 0 Å². The van der Waals surface area contributed by atoms with E-state index in [9.17, 15) is 4.79 Å². The molecule has 4 rings (SSSR count). The standard InChI is InChI=1S/C21H25N3O4S/c1-14-22-18-11-16(6-7-20(18)29-14)27-13-17-12-19(23-28-17)21(25)24(2)9-8-15-5-3-4-10-26-15/h6-7,11-12,15H,3-5,8-10,13H2,1-2H3/t15-/m0/s1. The van der Waals surface area contributed by atoms with Crippen LogP contribution in [0.15, 0.2) is 28.8 Å². The molecule has 7 nitrogen and oxygen atoms in total. The molecule has 3 aromatic rings. The second kappa shape index (κ2) is 8.92. The molecule has 1 aliphatic heterocycles. The predicted molar refractivity (Wildman–Crippen MR) is 110 cm³/mol. The van der Waals surface area contributed by atoms with Gasteiger partial charge in [0.15, 0.2) is 11.5 Å². The molecule has 1 aliphatic rings. The number of nitrogens with zero attached hydrogens (tertiary/aromatic N) is 3. The lowest BCUT2D eigenvalue weighted by atomic mass is 10.1. The van der Waals surface area contributed by atoms with Gasteiger partial charge >= 0.3 is 0 Å². The van der Waals surface area contributed by atoms with Crippen LogP contribution in [0.1, 0.15) is 46.9 Å². The first kappa shape index (κ1) is 19.8. The van der Waals surface area contributed by atoms with E-state index in [0.717, 1.165) is 41.1 Å². The molecule has 154 valence electrons. The molecule has 0 N–H and O–H groups in total. The molecule has 0 radical (unpaired) electrons. The van der Waals surface area contributed by atoms with Gasteiger partial charge in [0, 0.05) is 32.3 Å². The van der Waals surface area contributed by atoms with Gasteiger partial charge in [-0.25, -0.2) is 4.98 Å². The fourth-order valence-electron chi connectivity index (χ4n) is 3.42. The number of carbonyl (C=O) groups is 1. The lowest BCUT2D eigenvalue weighted by Gasteiger charge is -2.24. The van der Waals surface area contributed by atoms with Crippen LogP contribution in [0, 0.1) is 6.92 Å². The third-order valence-corrected chi connectivity index (χ3v) is 5.98. The van der Waals surface area contributed by atoms with Gasteiger partial charge in [-0.05, 0) is 44.7 Å². The molecule has 1 fully saturated rings. The molecule has 1 saturated heterocycles.